The molecule has 1 radical (unpaired) electrons. The van der Waals surface area contributed by atoms with Gasteiger partial charge in [0, 0.05) is 6.61 Å². The first-order chi connectivity index (χ1) is 3.83. The molecule has 0 aromatic carbocycles. The standard InChI is InChI=1S/C4H11N.C2H5O/c1-3-5-4-2;1-2-3/h5H,3-4H2,1-2H3;3H,1-2H2. The van der Waals surface area contributed by atoms with Crippen LogP contribution >= 0.6 is 0 Å². The molecule has 0 aliphatic rings. The van der Waals surface area contributed by atoms with Crippen LogP contribution in [0.1, 0.15) is 13.8 Å². The van der Waals surface area contributed by atoms with E-state index in [1.807, 2.05) is 0 Å². The van der Waals surface area contributed by atoms with E-state index in [9.17, 15) is 0 Å². The zero-order valence-corrected chi connectivity index (χ0v) is 5.78. The molecule has 0 unspecified atom stereocenters. The van der Waals surface area contributed by atoms with Crippen molar-refractivity contribution in [1.82, 2.24) is 5.32 Å². The first-order valence-corrected chi connectivity index (χ1v) is 2.94. The van der Waals surface area contributed by atoms with Gasteiger partial charge in [0.15, 0.2) is 0 Å². The molecule has 0 atom stereocenters. The second-order valence-corrected chi connectivity index (χ2v) is 1.18. The van der Waals surface area contributed by atoms with Crippen molar-refractivity contribution in [2.24, 2.45) is 0 Å². The molecule has 0 aromatic rings. The third kappa shape index (κ3) is 38.9. The zero-order chi connectivity index (χ0) is 6.83. The number of hydrogen-bond donors (Lipinski definition) is 2. The van der Waals surface area contributed by atoms with Crippen molar-refractivity contribution >= 4 is 0 Å². The number of hydrogen-bond acceptors (Lipinski definition) is 2. The molecule has 51 valence electrons. The van der Waals surface area contributed by atoms with Gasteiger partial charge in [-0.3, -0.25) is 0 Å². The molecule has 2 nitrogen and oxygen atoms in total. The van der Waals surface area contributed by atoms with Gasteiger partial charge in [-0.25, -0.2) is 0 Å². The molecule has 0 amide bonds. The fourth-order valence-electron chi connectivity index (χ4n) is 0.250. The molecule has 0 aliphatic heterocycles. The maximum Gasteiger partial charge on any atom is 0.0431 e. The van der Waals surface area contributed by atoms with Crippen LogP contribution < -0.4 is 5.32 Å². The Labute approximate surface area is 51.9 Å². The van der Waals surface area contributed by atoms with E-state index < -0.39 is 0 Å². The van der Waals surface area contributed by atoms with Crippen LogP contribution in [0, 0.1) is 6.92 Å². The van der Waals surface area contributed by atoms with Gasteiger partial charge < -0.3 is 10.4 Å². The Kier molecular flexibility index (Phi) is 21.3. The summed E-state index contributed by atoms with van der Waals surface area (Å²) in [5.41, 5.74) is 0. The minimum atomic E-state index is 0. The minimum absolute atomic E-state index is 0. The summed E-state index contributed by atoms with van der Waals surface area (Å²) >= 11 is 0. The number of aliphatic hydroxyl groups is 1. The minimum Gasteiger partial charge on any atom is -0.396 e. The molecule has 0 rings (SSSR count). The van der Waals surface area contributed by atoms with Crippen molar-refractivity contribution in [3.8, 4) is 0 Å². The SMILES string of the molecule is CCNCC.[CH2]CO. The van der Waals surface area contributed by atoms with E-state index in [1.54, 1.807) is 0 Å². The predicted molar refractivity (Wildman–Crippen MR) is 36.7 cm³/mol. The Morgan fingerprint density at radius 3 is 1.62 bits per heavy atom. The third-order valence-electron chi connectivity index (χ3n) is 0.500. The summed E-state index contributed by atoms with van der Waals surface area (Å²) in [4.78, 5) is 0. The molecule has 0 saturated heterocycles. The maximum atomic E-state index is 7.46. The molecular formula is C6H16NO. The van der Waals surface area contributed by atoms with Crippen molar-refractivity contribution in [2.45, 2.75) is 13.8 Å². The smallest absolute Gasteiger partial charge is 0.0431 e. The van der Waals surface area contributed by atoms with Crippen molar-refractivity contribution in [1.29, 1.82) is 0 Å². The first kappa shape index (κ1) is 10.8. The summed E-state index contributed by atoms with van der Waals surface area (Å²) in [6.07, 6.45) is 0. The Hall–Kier alpha value is -0.0800. The topological polar surface area (TPSA) is 32.3 Å². The van der Waals surface area contributed by atoms with Crippen LogP contribution in [0.2, 0.25) is 0 Å². The largest absolute Gasteiger partial charge is 0.396 e. The fraction of sp³-hybridized carbons (Fsp3) is 0.833. The molecule has 2 heteroatoms. The predicted octanol–water partition coefficient (Wildman–Crippen LogP) is 0.429. The van der Waals surface area contributed by atoms with Crippen LogP contribution in [0.3, 0.4) is 0 Å². The molecule has 0 heterocycles. The summed E-state index contributed by atoms with van der Waals surface area (Å²) in [5, 5.41) is 10.6. The van der Waals surface area contributed by atoms with Gasteiger partial charge in [-0.1, -0.05) is 13.8 Å². The van der Waals surface area contributed by atoms with E-state index in [0.717, 1.165) is 13.1 Å². The highest BCUT2D eigenvalue weighted by Gasteiger charge is 1.62. The average molecular weight is 118 g/mol. The van der Waals surface area contributed by atoms with Crippen LogP contribution in [0.4, 0.5) is 0 Å². The van der Waals surface area contributed by atoms with Gasteiger partial charge >= 0.3 is 0 Å². The van der Waals surface area contributed by atoms with Gasteiger partial charge in [-0.15, -0.1) is 0 Å². The van der Waals surface area contributed by atoms with Crippen LogP contribution in [-0.2, 0) is 0 Å². The molecule has 0 saturated carbocycles. The van der Waals surface area contributed by atoms with Crippen LogP contribution in [0.25, 0.3) is 0 Å². The number of nitrogens with one attached hydrogen (secondary N) is 1. The quantitative estimate of drug-likeness (QED) is 0.551. The van der Waals surface area contributed by atoms with Gasteiger partial charge in [0.1, 0.15) is 0 Å². The zero-order valence-electron chi connectivity index (χ0n) is 5.78. The fourth-order valence-corrected chi connectivity index (χ4v) is 0.250. The van der Waals surface area contributed by atoms with E-state index in [4.69, 9.17) is 5.11 Å². The normalized spacial score (nSPS) is 7.50. The van der Waals surface area contributed by atoms with Crippen LogP contribution in [-0.4, -0.2) is 24.8 Å². The molecule has 0 fully saturated rings. The molecule has 0 aliphatic carbocycles. The van der Waals surface area contributed by atoms with E-state index in [1.165, 1.54) is 0 Å². The van der Waals surface area contributed by atoms with E-state index in [0.29, 0.717) is 0 Å². The summed E-state index contributed by atoms with van der Waals surface area (Å²) < 4.78 is 0. The second-order valence-electron chi connectivity index (χ2n) is 1.18. The van der Waals surface area contributed by atoms with Gasteiger partial charge in [0.25, 0.3) is 0 Å². The third-order valence-corrected chi connectivity index (χ3v) is 0.500. The number of rotatable bonds is 2. The summed E-state index contributed by atoms with van der Waals surface area (Å²) in [5.74, 6) is 0. The molecule has 0 bridgehead atoms. The highest BCUT2D eigenvalue weighted by atomic mass is 16.2. The lowest BCUT2D eigenvalue weighted by atomic mass is 10.7. The van der Waals surface area contributed by atoms with E-state index in [-0.39, 0.29) is 6.61 Å². The molecule has 2 N–H and O–H groups in total. The van der Waals surface area contributed by atoms with E-state index in [2.05, 4.69) is 26.1 Å². The molecule has 0 spiro atoms. The van der Waals surface area contributed by atoms with Crippen LogP contribution in [0.5, 0.6) is 0 Å². The van der Waals surface area contributed by atoms with Crippen molar-refractivity contribution in [3.63, 3.8) is 0 Å². The van der Waals surface area contributed by atoms with Crippen molar-refractivity contribution in [2.75, 3.05) is 19.7 Å². The second kappa shape index (κ2) is 15.8. The van der Waals surface area contributed by atoms with Gasteiger partial charge in [-0.2, -0.15) is 0 Å². The average Bonchev–Trinajstić information content (AvgIpc) is 1.71. The van der Waals surface area contributed by atoms with Gasteiger partial charge in [0.05, 0.1) is 0 Å². The number of aliphatic hydroxyl groups excluding tert-OH is 1. The molecule has 0 aromatic heterocycles. The van der Waals surface area contributed by atoms with Crippen molar-refractivity contribution in [3.05, 3.63) is 6.92 Å². The highest BCUT2D eigenvalue weighted by molar-refractivity contribution is 4.27. The lowest BCUT2D eigenvalue weighted by Gasteiger charge is -1.86. The van der Waals surface area contributed by atoms with Gasteiger partial charge in [-0.05, 0) is 20.0 Å². The van der Waals surface area contributed by atoms with E-state index >= 15 is 0 Å². The lowest BCUT2D eigenvalue weighted by Crippen LogP contribution is -2.09. The summed E-state index contributed by atoms with van der Waals surface area (Å²) in [6, 6.07) is 0. The Morgan fingerprint density at radius 2 is 1.62 bits per heavy atom. The Bertz CT molecular complexity index is 22.5. The maximum absolute atomic E-state index is 7.46. The summed E-state index contributed by atoms with van der Waals surface area (Å²) in [7, 11) is 0. The molecule has 8 heavy (non-hydrogen) atoms. The Balaban J connectivity index is 0. The monoisotopic (exact) mass is 118 g/mol. The lowest BCUT2D eigenvalue weighted by molar-refractivity contribution is 0.341. The van der Waals surface area contributed by atoms with Gasteiger partial charge in [0.2, 0.25) is 0 Å². The Morgan fingerprint density at radius 1 is 1.38 bits per heavy atom. The highest BCUT2D eigenvalue weighted by Crippen LogP contribution is 1.47. The first-order valence-electron chi connectivity index (χ1n) is 2.94. The van der Waals surface area contributed by atoms with Crippen molar-refractivity contribution < 1.29 is 5.11 Å². The van der Waals surface area contributed by atoms with Crippen LogP contribution in [0.15, 0.2) is 0 Å². The molecular weight excluding hydrogens is 102 g/mol. The summed E-state index contributed by atoms with van der Waals surface area (Å²) in [6.45, 7) is 9.43.